The van der Waals surface area contributed by atoms with Crippen molar-refractivity contribution in [1.29, 1.82) is 0 Å². The summed E-state index contributed by atoms with van der Waals surface area (Å²) in [4.78, 5) is 12.5. The Kier molecular flexibility index (Phi) is 3.00. The maximum atomic E-state index is 10.7. The van der Waals surface area contributed by atoms with Gasteiger partial charge in [-0.2, -0.15) is 4.68 Å². The van der Waals surface area contributed by atoms with E-state index in [1.54, 1.807) is 10.7 Å². The molecule has 0 unspecified atom stereocenters. The molecule has 0 spiro atoms. The molecule has 2 heterocycles. The smallest absolute Gasteiger partial charge is 0.358 e. The van der Waals surface area contributed by atoms with E-state index >= 15 is 0 Å². The summed E-state index contributed by atoms with van der Waals surface area (Å²) in [6.07, 6.45) is 0. The molecule has 0 aliphatic carbocycles. The molecule has 6 nitrogen and oxygen atoms in total. The molecule has 3 rings (SSSR count). The van der Waals surface area contributed by atoms with Crippen molar-refractivity contribution < 1.29 is 4.92 Å². The number of nitrogens with zero attached hydrogens (tertiary/aromatic N) is 4. The van der Waals surface area contributed by atoms with E-state index in [-0.39, 0.29) is 5.82 Å². The van der Waals surface area contributed by atoms with Crippen LogP contribution in [0.1, 0.15) is 11.3 Å². The summed E-state index contributed by atoms with van der Waals surface area (Å²) in [7, 11) is 0. The van der Waals surface area contributed by atoms with E-state index in [0.717, 1.165) is 18.8 Å². The van der Waals surface area contributed by atoms with Crippen molar-refractivity contribution in [3.05, 3.63) is 57.8 Å². The van der Waals surface area contributed by atoms with Crippen molar-refractivity contribution in [3.8, 4) is 0 Å². The van der Waals surface area contributed by atoms with Crippen LogP contribution in [0, 0.1) is 10.1 Å². The van der Waals surface area contributed by atoms with Crippen LogP contribution in [-0.4, -0.2) is 26.1 Å². The zero-order chi connectivity index (χ0) is 13.2. The molecule has 2 aromatic rings. The quantitative estimate of drug-likeness (QED) is 0.622. The summed E-state index contributed by atoms with van der Waals surface area (Å²) in [5.74, 6) is -0.0587. The van der Waals surface area contributed by atoms with Gasteiger partial charge in [-0.1, -0.05) is 30.3 Å². The zero-order valence-corrected chi connectivity index (χ0v) is 10.4. The molecule has 1 aromatic carbocycles. The first-order valence-electron chi connectivity index (χ1n) is 6.20. The van der Waals surface area contributed by atoms with Gasteiger partial charge in [-0.05, 0) is 10.5 Å². The van der Waals surface area contributed by atoms with Crippen molar-refractivity contribution in [2.24, 2.45) is 0 Å². The Bertz CT molecular complexity index is 594. The van der Waals surface area contributed by atoms with E-state index in [4.69, 9.17) is 0 Å². The molecule has 1 aliphatic rings. The highest BCUT2D eigenvalue weighted by atomic mass is 16.6. The third-order valence-electron chi connectivity index (χ3n) is 3.30. The molecule has 19 heavy (non-hydrogen) atoms. The largest absolute Gasteiger partial charge is 0.390 e. The lowest BCUT2D eigenvalue weighted by Gasteiger charge is -2.25. The van der Waals surface area contributed by atoms with E-state index in [9.17, 15) is 10.1 Å². The topological polar surface area (TPSA) is 64.2 Å². The maximum absolute atomic E-state index is 10.7. The minimum absolute atomic E-state index is 0.0587. The molecular weight excluding hydrogens is 244 g/mol. The van der Waals surface area contributed by atoms with Gasteiger partial charge in [-0.3, -0.25) is 4.90 Å². The second-order valence-electron chi connectivity index (χ2n) is 4.67. The Morgan fingerprint density at radius 2 is 2.05 bits per heavy atom. The predicted molar refractivity (Wildman–Crippen MR) is 69.4 cm³/mol. The summed E-state index contributed by atoms with van der Waals surface area (Å²) in [5.41, 5.74) is 2.17. The lowest BCUT2D eigenvalue weighted by Crippen LogP contribution is -2.33. The van der Waals surface area contributed by atoms with Gasteiger partial charge in [-0.25, -0.2) is 0 Å². The molecule has 0 fully saturated rings. The molecule has 1 aliphatic heterocycles. The van der Waals surface area contributed by atoms with E-state index in [1.807, 2.05) is 18.2 Å². The third-order valence-corrected chi connectivity index (χ3v) is 3.30. The number of benzene rings is 1. The van der Waals surface area contributed by atoms with Gasteiger partial charge in [-0.15, -0.1) is 0 Å². The predicted octanol–water partition coefficient (Wildman–Crippen LogP) is 1.81. The van der Waals surface area contributed by atoms with Crippen LogP contribution in [0.2, 0.25) is 0 Å². The van der Waals surface area contributed by atoms with E-state index in [2.05, 4.69) is 22.1 Å². The maximum Gasteiger partial charge on any atom is 0.390 e. The lowest BCUT2D eigenvalue weighted by atomic mass is 10.2. The van der Waals surface area contributed by atoms with Crippen LogP contribution in [0.5, 0.6) is 0 Å². The first kappa shape index (κ1) is 11.9. The molecule has 0 bridgehead atoms. The van der Waals surface area contributed by atoms with Crippen LogP contribution >= 0.6 is 0 Å². The normalized spacial score (nSPS) is 15.2. The second-order valence-corrected chi connectivity index (χ2v) is 4.67. The highest BCUT2D eigenvalue weighted by Gasteiger charge is 2.24. The van der Waals surface area contributed by atoms with E-state index in [0.29, 0.717) is 13.1 Å². The van der Waals surface area contributed by atoms with Gasteiger partial charge < -0.3 is 10.1 Å². The summed E-state index contributed by atoms with van der Waals surface area (Å²) >= 11 is 0. The van der Waals surface area contributed by atoms with Crippen molar-refractivity contribution >= 4 is 5.82 Å². The number of rotatable bonds is 3. The molecule has 0 N–H and O–H groups in total. The van der Waals surface area contributed by atoms with Crippen molar-refractivity contribution in [3.63, 3.8) is 0 Å². The summed E-state index contributed by atoms with van der Waals surface area (Å²) in [6.45, 7) is 3.13. The molecule has 0 radical (unpaired) electrons. The Morgan fingerprint density at radius 1 is 1.26 bits per heavy atom. The molecule has 0 amide bonds. The number of nitro groups is 1. The first-order valence-corrected chi connectivity index (χ1v) is 6.20. The van der Waals surface area contributed by atoms with Gasteiger partial charge in [0.2, 0.25) is 0 Å². The zero-order valence-electron chi connectivity index (χ0n) is 10.4. The van der Waals surface area contributed by atoms with Crippen LogP contribution < -0.4 is 0 Å². The Balaban J connectivity index is 1.73. The second kappa shape index (κ2) is 4.81. The Hall–Kier alpha value is -2.21. The fourth-order valence-electron chi connectivity index (χ4n) is 2.37. The minimum atomic E-state index is -0.438. The van der Waals surface area contributed by atoms with Crippen LogP contribution in [-0.2, 0) is 19.6 Å². The SMILES string of the molecule is O=[N+]([O-])c1cc2n(n1)CCN(Cc1ccccc1)C2. The van der Waals surface area contributed by atoms with Gasteiger partial charge in [0.15, 0.2) is 0 Å². The highest BCUT2D eigenvalue weighted by molar-refractivity contribution is 5.23. The Labute approximate surface area is 110 Å². The number of fused-ring (bicyclic) bond motifs is 1. The Morgan fingerprint density at radius 3 is 2.79 bits per heavy atom. The molecule has 0 saturated carbocycles. The average Bonchev–Trinajstić information content (AvgIpc) is 2.83. The molecule has 98 valence electrons. The van der Waals surface area contributed by atoms with Crippen molar-refractivity contribution in [2.45, 2.75) is 19.6 Å². The fourth-order valence-corrected chi connectivity index (χ4v) is 2.37. The molecular formula is C13H14N4O2. The van der Waals surface area contributed by atoms with Gasteiger partial charge in [0.25, 0.3) is 0 Å². The third kappa shape index (κ3) is 2.48. The summed E-state index contributed by atoms with van der Waals surface area (Å²) < 4.78 is 1.74. The molecule has 0 saturated heterocycles. The van der Waals surface area contributed by atoms with Gasteiger partial charge in [0.1, 0.15) is 0 Å². The monoisotopic (exact) mass is 258 g/mol. The van der Waals surface area contributed by atoms with Crippen molar-refractivity contribution in [2.75, 3.05) is 6.54 Å². The standard InChI is InChI=1S/C13H14N4O2/c18-17(19)13-8-12-10-15(6-7-16(12)14-13)9-11-4-2-1-3-5-11/h1-5,8H,6-7,9-10H2. The first-order chi connectivity index (χ1) is 9.22. The fraction of sp³-hybridized carbons (Fsp3) is 0.308. The number of hydrogen-bond donors (Lipinski definition) is 0. The molecule has 0 atom stereocenters. The van der Waals surface area contributed by atoms with Gasteiger partial charge in [0, 0.05) is 19.6 Å². The summed E-state index contributed by atoms with van der Waals surface area (Å²) in [6, 6.07) is 11.8. The molecule has 6 heteroatoms. The lowest BCUT2D eigenvalue weighted by molar-refractivity contribution is -0.389. The summed E-state index contributed by atoms with van der Waals surface area (Å²) in [5, 5.41) is 14.7. The van der Waals surface area contributed by atoms with E-state index in [1.165, 1.54) is 5.56 Å². The number of hydrogen-bond acceptors (Lipinski definition) is 4. The van der Waals surface area contributed by atoms with Crippen LogP contribution in [0.15, 0.2) is 36.4 Å². The van der Waals surface area contributed by atoms with E-state index < -0.39 is 4.92 Å². The average molecular weight is 258 g/mol. The molecule has 1 aromatic heterocycles. The minimum Gasteiger partial charge on any atom is -0.358 e. The van der Waals surface area contributed by atoms with Crippen LogP contribution in [0.3, 0.4) is 0 Å². The van der Waals surface area contributed by atoms with Gasteiger partial charge in [0.05, 0.1) is 23.4 Å². The van der Waals surface area contributed by atoms with Crippen LogP contribution in [0.4, 0.5) is 5.82 Å². The van der Waals surface area contributed by atoms with Gasteiger partial charge >= 0.3 is 5.82 Å². The van der Waals surface area contributed by atoms with Crippen molar-refractivity contribution in [1.82, 2.24) is 14.7 Å². The number of aromatic nitrogens is 2. The van der Waals surface area contributed by atoms with Crippen LogP contribution in [0.25, 0.3) is 0 Å². The highest BCUT2D eigenvalue weighted by Crippen LogP contribution is 2.19.